The number of rotatable bonds is 4. The Morgan fingerprint density at radius 2 is 2.10 bits per heavy atom. The molecule has 1 aliphatic rings. The van der Waals surface area contributed by atoms with Crippen LogP contribution in [0.5, 0.6) is 0 Å². The van der Waals surface area contributed by atoms with Crippen LogP contribution in [-0.2, 0) is 24.5 Å². The highest BCUT2D eigenvalue weighted by atomic mass is 19.1. The highest BCUT2D eigenvalue weighted by molar-refractivity contribution is 5.68. The van der Waals surface area contributed by atoms with Crippen molar-refractivity contribution in [1.29, 1.82) is 0 Å². The van der Waals surface area contributed by atoms with Crippen molar-refractivity contribution in [2.24, 2.45) is 0 Å². The third-order valence-electron chi connectivity index (χ3n) is 3.25. The van der Waals surface area contributed by atoms with E-state index in [4.69, 9.17) is 9.47 Å². The van der Waals surface area contributed by atoms with Crippen LogP contribution >= 0.6 is 0 Å². The normalized spacial score (nSPS) is 22.4. The number of carbonyl (C=O) groups excluding carboxylic acids is 2. The van der Waals surface area contributed by atoms with Gasteiger partial charge in [0.1, 0.15) is 12.4 Å². The van der Waals surface area contributed by atoms with Crippen molar-refractivity contribution in [3.05, 3.63) is 47.5 Å². The van der Waals surface area contributed by atoms with E-state index in [1.807, 2.05) is 0 Å². The van der Waals surface area contributed by atoms with Crippen LogP contribution in [0.15, 0.2) is 36.1 Å². The summed E-state index contributed by atoms with van der Waals surface area (Å²) in [6.45, 7) is 2.73. The van der Waals surface area contributed by atoms with Crippen molar-refractivity contribution in [2.45, 2.75) is 25.7 Å². The summed E-state index contributed by atoms with van der Waals surface area (Å²) in [6, 6.07) is 6.11. The fourth-order valence-electron chi connectivity index (χ4n) is 2.11. The molecule has 2 rings (SSSR count). The van der Waals surface area contributed by atoms with E-state index >= 15 is 0 Å². The molecule has 1 atom stereocenters. The van der Waals surface area contributed by atoms with Crippen LogP contribution in [0, 0.1) is 5.82 Å². The maximum atomic E-state index is 13.4. The summed E-state index contributed by atoms with van der Waals surface area (Å²) in [7, 11) is 0. The summed E-state index contributed by atoms with van der Waals surface area (Å²) in [5.74, 6) is -1.19. The van der Waals surface area contributed by atoms with E-state index in [1.54, 1.807) is 12.1 Å². The van der Waals surface area contributed by atoms with Crippen molar-refractivity contribution in [2.75, 3.05) is 6.61 Å². The largest absolute Gasteiger partial charge is 0.465 e. The Bertz CT molecular complexity index is 579. The second kappa shape index (κ2) is 5.45. The van der Waals surface area contributed by atoms with E-state index in [0.29, 0.717) is 12.0 Å². The second-order valence-electron chi connectivity index (χ2n) is 4.80. The van der Waals surface area contributed by atoms with Crippen LogP contribution in [0.25, 0.3) is 0 Å². The summed E-state index contributed by atoms with van der Waals surface area (Å²) >= 11 is 0. The van der Waals surface area contributed by atoms with Crippen molar-refractivity contribution in [3.63, 3.8) is 0 Å². The molecule has 1 aromatic carbocycles. The van der Waals surface area contributed by atoms with Gasteiger partial charge in [-0.25, -0.2) is 4.39 Å². The molecule has 20 heavy (non-hydrogen) atoms. The van der Waals surface area contributed by atoms with Gasteiger partial charge in [-0.3, -0.25) is 9.59 Å². The molecule has 5 heteroatoms. The number of hydrogen-bond donors (Lipinski definition) is 0. The molecule has 1 fully saturated rings. The van der Waals surface area contributed by atoms with Gasteiger partial charge in [0.15, 0.2) is 0 Å². The lowest BCUT2D eigenvalue weighted by molar-refractivity contribution is -0.142. The lowest BCUT2D eigenvalue weighted by Gasteiger charge is -2.15. The van der Waals surface area contributed by atoms with E-state index in [9.17, 15) is 14.0 Å². The minimum atomic E-state index is -0.580. The van der Waals surface area contributed by atoms with E-state index in [1.165, 1.54) is 32.2 Å². The van der Waals surface area contributed by atoms with Gasteiger partial charge >= 0.3 is 11.9 Å². The number of benzene rings is 1. The van der Waals surface area contributed by atoms with Crippen LogP contribution in [0.2, 0.25) is 0 Å². The molecule has 0 aliphatic heterocycles. The highest BCUT2D eigenvalue weighted by Crippen LogP contribution is 2.54. The molecule has 0 N–H and O–H groups in total. The third kappa shape index (κ3) is 3.04. The summed E-state index contributed by atoms with van der Waals surface area (Å²) in [5.41, 5.74) is 0.931. The Kier molecular flexibility index (Phi) is 3.88. The maximum Gasteiger partial charge on any atom is 0.307 e. The zero-order valence-corrected chi connectivity index (χ0v) is 11.3. The fourth-order valence-corrected chi connectivity index (χ4v) is 2.11. The number of halogens is 1. The first-order valence-electron chi connectivity index (χ1n) is 6.20. The summed E-state index contributed by atoms with van der Waals surface area (Å²) < 4.78 is 23.3. The van der Waals surface area contributed by atoms with Crippen molar-refractivity contribution >= 4 is 11.9 Å². The molecule has 1 saturated carbocycles. The summed E-state index contributed by atoms with van der Waals surface area (Å²) in [4.78, 5) is 21.8. The van der Waals surface area contributed by atoms with Gasteiger partial charge in [-0.15, -0.1) is 0 Å². The minimum absolute atomic E-state index is 0.110. The lowest BCUT2D eigenvalue weighted by atomic mass is 9.96. The Labute approximate surface area is 116 Å². The molecule has 4 nitrogen and oxygen atoms in total. The molecular formula is C15H15FO4. The molecule has 0 saturated heterocycles. The first-order chi connectivity index (χ1) is 9.44. The molecule has 0 aromatic heterocycles. The summed E-state index contributed by atoms with van der Waals surface area (Å²) in [5, 5.41) is 0. The second-order valence-corrected chi connectivity index (χ2v) is 4.80. The lowest BCUT2D eigenvalue weighted by Crippen LogP contribution is -2.18. The van der Waals surface area contributed by atoms with Gasteiger partial charge in [-0.2, -0.15) is 0 Å². The van der Waals surface area contributed by atoms with Gasteiger partial charge in [0.25, 0.3) is 0 Å². The average Bonchev–Trinajstić information content (AvgIpc) is 3.09. The predicted octanol–water partition coefficient (Wildman–Crippen LogP) is 2.48. The first kappa shape index (κ1) is 14.2. The molecule has 0 heterocycles. The Balaban J connectivity index is 2.25. The highest BCUT2D eigenvalue weighted by Gasteiger charge is 2.52. The van der Waals surface area contributed by atoms with Crippen molar-refractivity contribution < 1.29 is 23.5 Å². The zero-order chi connectivity index (χ0) is 14.8. The SMILES string of the molecule is CC(=O)OC=C1CC1(COC(C)=O)c1cccc(F)c1. The van der Waals surface area contributed by atoms with Gasteiger partial charge in [0.2, 0.25) is 0 Å². The topological polar surface area (TPSA) is 52.6 Å². The van der Waals surface area contributed by atoms with Crippen LogP contribution < -0.4 is 0 Å². The monoisotopic (exact) mass is 278 g/mol. The van der Waals surface area contributed by atoms with Crippen LogP contribution in [0.1, 0.15) is 25.8 Å². The van der Waals surface area contributed by atoms with Gasteiger partial charge in [-0.1, -0.05) is 12.1 Å². The predicted molar refractivity (Wildman–Crippen MR) is 69.2 cm³/mol. The maximum absolute atomic E-state index is 13.4. The number of hydrogen-bond acceptors (Lipinski definition) is 4. The van der Waals surface area contributed by atoms with Crippen LogP contribution in [-0.4, -0.2) is 18.5 Å². The molecule has 0 amide bonds. The van der Waals surface area contributed by atoms with Crippen molar-refractivity contribution in [1.82, 2.24) is 0 Å². The Morgan fingerprint density at radius 3 is 2.70 bits per heavy atom. The standard InChI is InChI=1S/C15H15FO4/c1-10(17)19-8-13-7-15(13,9-20-11(2)18)12-4-3-5-14(16)6-12/h3-6,8H,7,9H2,1-2H3. The van der Waals surface area contributed by atoms with Crippen LogP contribution in [0.3, 0.4) is 0 Å². The van der Waals surface area contributed by atoms with Gasteiger partial charge in [0, 0.05) is 13.8 Å². The van der Waals surface area contributed by atoms with Crippen molar-refractivity contribution in [3.8, 4) is 0 Å². The molecule has 1 aliphatic carbocycles. The minimum Gasteiger partial charge on any atom is -0.465 e. The van der Waals surface area contributed by atoms with E-state index in [0.717, 1.165) is 5.57 Å². The third-order valence-corrected chi connectivity index (χ3v) is 3.25. The molecule has 106 valence electrons. The van der Waals surface area contributed by atoms with Gasteiger partial charge in [0.05, 0.1) is 11.7 Å². The number of esters is 2. The first-order valence-corrected chi connectivity index (χ1v) is 6.20. The Hall–Kier alpha value is -2.17. The smallest absolute Gasteiger partial charge is 0.307 e. The van der Waals surface area contributed by atoms with E-state index in [-0.39, 0.29) is 12.4 Å². The number of carbonyl (C=O) groups is 2. The van der Waals surface area contributed by atoms with Crippen LogP contribution in [0.4, 0.5) is 4.39 Å². The van der Waals surface area contributed by atoms with E-state index < -0.39 is 17.4 Å². The fraction of sp³-hybridized carbons (Fsp3) is 0.333. The molecule has 0 spiro atoms. The quantitative estimate of drug-likeness (QED) is 0.627. The Morgan fingerprint density at radius 1 is 1.35 bits per heavy atom. The molecule has 0 radical (unpaired) electrons. The average molecular weight is 278 g/mol. The summed E-state index contributed by atoms with van der Waals surface area (Å²) in [6.07, 6.45) is 1.92. The zero-order valence-electron chi connectivity index (χ0n) is 11.3. The molecular weight excluding hydrogens is 263 g/mol. The van der Waals surface area contributed by atoms with E-state index in [2.05, 4.69) is 0 Å². The number of ether oxygens (including phenoxy) is 2. The van der Waals surface area contributed by atoms with Gasteiger partial charge in [-0.05, 0) is 29.7 Å². The molecule has 1 aromatic rings. The molecule has 0 bridgehead atoms. The van der Waals surface area contributed by atoms with Gasteiger partial charge < -0.3 is 9.47 Å². The molecule has 1 unspecified atom stereocenters.